The van der Waals surface area contributed by atoms with Gasteiger partial charge in [0.15, 0.2) is 0 Å². The van der Waals surface area contributed by atoms with E-state index >= 15 is 0 Å². The Kier molecular flexibility index (Phi) is 7.95. The molecule has 7 aromatic carbocycles. The van der Waals surface area contributed by atoms with Crippen molar-refractivity contribution in [2.24, 2.45) is 0 Å². The van der Waals surface area contributed by atoms with Gasteiger partial charge in [-0.25, -0.2) is 0 Å². The molecule has 0 bridgehead atoms. The van der Waals surface area contributed by atoms with Crippen LogP contribution in [0, 0.1) is 6.92 Å². The van der Waals surface area contributed by atoms with Gasteiger partial charge in [0, 0.05) is 48.8 Å². The van der Waals surface area contributed by atoms with Crippen molar-refractivity contribution in [3.63, 3.8) is 0 Å². The molecule has 0 atom stereocenters. The maximum absolute atomic E-state index is 9.47. The first-order valence-corrected chi connectivity index (χ1v) is 25.4. The highest BCUT2D eigenvalue weighted by molar-refractivity contribution is 7.26. The van der Waals surface area contributed by atoms with Crippen LogP contribution >= 0.6 is 11.3 Å². The molecule has 4 aliphatic rings. The van der Waals surface area contributed by atoms with E-state index in [1.807, 2.05) is 0 Å². The van der Waals surface area contributed by atoms with Crippen LogP contribution in [-0.4, -0.2) is 6.71 Å². The highest BCUT2D eigenvalue weighted by Crippen LogP contribution is 2.54. The molecule has 3 heterocycles. The molecule has 8 aromatic rings. The fraction of sp³-hybridized carbons (Fsp3) is 0.333. The zero-order chi connectivity index (χ0) is 51.1. The number of hydrogen-bond donors (Lipinski definition) is 0. The number of aryl methyl sites for hydroxylation is 1. The minimum atomic E-state index is -0.394. The normalized spacial score (nSPS) is 19.3. The van der Waals surface area contributed by atoms with Gasteiger partial charge in [0.05, 0.1) is 12.5 Å². The number of nitrogens with zero attached hydrogens (tertiary/aromatic N) is 2. The summed E-state index contributed by atoms with van der Waals surface area (Å²) >= 11 is 1.81. The first-order valence-electron chi connectivity index (χ1n) is 27.0. The summed E-state index contributed by atoms with van der Waals surface area (Å²) in [5, 5.41) is 2.46. The van der Waals surface area contributed by atoms with Crippen LogP contribution in [0.25, 0.3) is 31.3 Å². The summed E-state index contributed by atoms with van der Waals surface area (Å²) in [6, 6.07) is 35.8. The molecule has 12 rings (SSSR count). The molecule has 336 valence electrons. The molecule has 67 heavy (non-hydrogen) atoms. The van der Waals surface area contributed by atoms with Crippen molar-refractivity contribution >= 4 is 88.7 Å². The van der Waals surface area contributed by atoms with Gasteiger partial charge < -0.3 is 9.80 Å². The molecular formula is C63H65BN2S. The molecule has 0 spiro atoms. The summed E-state index contributed by atoms with van der Waals surface area (Å²) in [5.41, 5.74) is 18.4. The third-order valence-corrected chi connectivity index (χ3v) is 17.8. The van der Waals surface area contributed by atoms with E-state index in [1.54, 1.807) is 11.3 Å². The molecule has 0 saturated carbocycles. The largest absolute Gasteiger partial charge is 0.311 e. The summed E-state index contributed by atoms with van der Waals surface area (Å²) in [4.78, 5) is 4.98. The lowest BCUT2D eigenvalue weighted by Gasteiger charge is -2.48. The fourth-order valence-electron chi connectivity index (χ4n) is 12.4. The van der Waals surface area contributed by atoms with Gasteiger partial charge in [0.25, 0.3) is 6.71 Å². The Hall–Kier alpha value is -5.58. The maximum Gasteiger partial charge on any atom is 0.252 e. The predicted octanol–water partition coefficient (Wildman–Crippen LogP) is 16.1. The molecule has 0 radical (unpaired) electrons. The lowest BCUT2D eigenvalue weighted by atomic mass is 9.33. The second-order valence-corrected chi connectivity index (χ2v) is 25.1. The Bertz CT molecular complexity index is 3660. The monoisotopic (exact) mass is 898 g/mol. The molecule has 2 aliphatic heterocycles. The molecule has 0 saturated heterocycles. The topological polar surface area (TPSA) is 6.48 Å². The van der Waals surface area contributed by atoms with E-state index in [0.29, 0.717) is 5.56 Å². The van der Waals surface area contributed by atoms with Crippen LogP contribution in [0.2, 0.25) is 0 Å². The average molecular weight is 898 g/mol. The lowest BCUT2D eigenvalue weighted by molar-refractivity contribution is 0.332. The van der Waals surface area contributed by atoms with Crippen LogP contribution in [0.1, 0.15) is 142 Å². The van der Waals surface area contributed by atoms with Crippen molar-refractivity contribution in [3.8, 4) is 11.1 Å². The molecule has 0 unspecified atom stereocenters. The lowest BCUT2D eigenvalue weighted by Crippen LogP contribution is -2.62. The van der Waals surface area contributed by atoms with Crippen molar-refractivity contribution in [1.82, 2.24) is 0 Å². The van der Waals surface area contributed by atoms with Crippen LogP contribution in [0.5, 0.6) is 0 Å². The van der Waals surface area contributed by atoms with E-state index in [4.69, 9.17) is 4.11 Å². The molecule has 2 aliphatic carbocycles. The summed E-state index contributed by atoms with van der Waals surface area (Å²) in [6.45, 7) is 27.9. The minimum Gasteiger partial charge on any atom is -0.311 e. The highest BCUT2D eigenvalue weighted by Gasteiger charge is 2.48. The van der Waals surface area contributed by atoms with Gasteiger partial charge in [-0.05, 0) is 175 Å². The average Bonchev–Trinajstić information content (AvgIpc) is 3.69. The second kappa shape index (κ2) is 14.2. The molecule has 1 aromatic heterocycles. The Morgan fingerprint density at radius 1 is 0.537 bits per heavy atom. The molecule has 0 N–H and O–H groups in total. The van der Waals surface area contributed by atoms with Gasteiger partial charge in [-0.1, -0.05) is 149 Å². The Morgan fingerprint density at radius 3 is 1.82 bits per heavy atom. The van der Waals surface area contributed by atoms with Gasteiger partial charge in [-0.15, -0.1) is 11.3 Å². The van der Waals surface area contributed by atoms with Crippen LogP contribution in [0.3, 0.4) is 0 Å². The van der Waals surface area contributed by atoms with E-state index < -0.39 is 6.04 Å². The summed E-state index contributed by atoms with van der Waals surface area (Å²) < 4.78 is 47.9. The SMILES string of the molecule is [2H]c1c([2H])c([2H])c(-c2cc(C(C)(C)C)ccc2N2c3cc4sc5ccccc5c4cc3B3c4cc5c(cc4N(c4ccc6c(c4)C(C)(C)CCC6(C)C)c4cc(C)cc2c43)C(C)(C)CCC5(C)C)c([2H])c1[2H]. The second-order valence-electron chi connectivity index (χ2n) is 24.0. The van der Waals surface area contributed by atoms with Crippen molar-refractivity contribution in [2.45, 2.75) is 136 Å². The zero-order valence-electron chi connectivity index (χ0n) is 46.4. The molecular weight excluding hydrogens is 828 g/mol. The smallest absolute Gasteiger partial charge is 0.252 e. The Morgan fingerprint density at radius 2 is 1.13 bits per heavy atom. The quantitative estimate of drug-likeness (QED) is 0.163. The number of anilines is 6. The number of rotatable bonds is 3. The van der Waals surface area contributed by atoms with E-state index in [0.717, 1.165) is 65.2 Å². The number of fused-ring (bicyclic) bond motifs is 9. The van der Waals surface area contributed by atoms with E-state index in [9.17, 15) is 2.74 Å². The maximum atomic E-state index is 9.47. The van der Waals surface area contributed by atoms with Crippen LogP contribution < -0.4 is 26.2 Å². The van der Waals surface area contributed by atoms with Crippen LogP contribution in [-0.2, 0) is 27.1 Å². The number of thiophene rings is 1. The number of hydrogen-bond acceptors (Lipinski definition) is 3. The zero-order valence-corrected chi connectivity index (χ0v) is 42.3. The highest BCUT2D eigenvalue weighted by atomic mass is 32.1. The van der Waals surface area contributed by atoms with E-state index in [-0.39, 0.29) is 63.5 Å². The minimum absolute atomic E-state index is 0.000641. The van der Waals surface area contributed by atoms with Crippen molar-refractivity contribution in [1.29, 1.82) is 0 Å². The molecule has 0 fully saturated rings. The summed E-state index contributed by atoms with van der Waals surface area (Å²) in [7, 11) is 0. The van der Waals surface area contributed by atoms with Crippen LogP contribution in [0.4, 0.5) is 34.1 Å². The van der Waals surface area contributed by atoms with E-state index in [2.05, 4.69) is 190 Å². The third-order valence-electron chi connectivity index (χ3n) is 16.6. The Balaban J connectivity index is 1.24. The first-order chi connectivity index (χ1) is 33.8. The number of benzene rings is 7. The summed E-state index contributed by atoms with van der Waals surface area (Å²) in [5.74, 6) is 0. The molecule has 0 amide bonds. The van der Waals surface area contributed by atoms with Crippen molar-refractivity contribution in [2.75, 3.05) is 9.80 Å². The molecule has 4 heteroatoms. The van der Waals surface area contributed by atoms with Crippen molar-refractivity contribution < 1.29 is 6.85 Å². The predicted molar refractivity (Wildman–Crippen MR) is 293 cm³/mol. The van der Waals surface area contributed by atoms with Crippen molar-refractivity contribution in [3.05, 3.63) is 161 Å². The van der Waals surface area contributed by atoms with Gasteiger partial charge in [0.2, 0.25) is 0 Å². The Labute approximate surface area is 411 Å². The van der Waals surface area contributed by atoms with Gasteiger partial charge in [-0.2, -0.15) is 0 Å². The van der Waals surface area contributed by atoms with Gasteiger partial charge >= 0.3 is 0 Å². The standard InChI is InChI=1S/C63H65BN2S/c1-38-30-54-58-55(31-38)66(51-25-22-40(59(2,3)4)32-43(51)39-18-14-13-15-19-39)53-37-57-44(42-20-16-17-21-56(42)67-57)34-49(53)64(58)50-35-47-48(63(11,12)29-28-62(47,9)10)36-52(50)65(54)41-23-24-45-46(33-41)61(7,8)27-26-60(45,5)6/h13-25,30-37H,26-29H2,1-12H3/i13D,14D,15D,18D,19D. The van der Waals surface area contributed by atoms with Crippen LogP contribution in [0.15, 0.2) is 127 Å². The van der Waals surface area contributed by atoms with Gasteiger partial charge in [0.1, 0.15) is 0 Å². The molecule has 2 nitrogen and oxygen atoms in total. The summed E-state index contributed by atoms with van der Waals surface area (Å²) in [6.07, 6.45) is 4.48. The third kappa shape index (κ3) is 6.41. The van der Waals surface area contributed by atoms with Gasteiger partial charge in [-0.3, -0.25) is 0 Å². The fourth-order valence-corrected chi connectivity index (χ4v) is 13.6. The first kappa shape index (κ1) is 37.4. The van der Waals surface area contributed by atoms with E-state index in [1.165, 1.54) is 64.5 Å².